The largest absolute Gasteiger partial charge is 0.467 e. The van der Waals surface area contributed by atoms with Gasteiger partial charge in [-0.1, -0.05) is 18.2 Å². The van der Waals surface area contributed by atoms with Crippen LogP contribution in [0.25, 0.3) is 0 Å². The van der Waals surface area contributed by atoms with Gasteiger partial charge in [0, 0.05) is 18.8 Å². The normalized spacial score (nSPS) is 16.8. The van der Waals surface area contributed by atoms with Crippen molar-refractivity contribution >= 4 is 5.69 Å². The van der Waals surface area contributed by atoms with Gasteiger partial charge in [0.25, 0.3) is 0 Å². The molecule has 22 heavy (non-hydrogen) atoms. The quantitative estimate of drug-likeness (QED) is 0.860. The molecular weight excluding hydrogens is 276 g/mol. The number of hydrogen-bond acceptors (Lipinski definition) is 4. The fourth-order valence-corrected chi connectivity index (χ4v) is 2.99. The number of rotatable bonds is 6. The summed E-state index contributed by atoms with van der Waals surface area (Å²) in [5.74, 6) is 1.43. The van der Waals surface area contributed by atoms with E-state index in [2.05, 4.69) is 34.5 Å². The fourth-order valence-electron chi connectivity index (χ4n) is 2.99. The average Bonchev–Trinajstić information content (AvgIpc) is 3.08. The van der Waals surface area contributed by atoms with Gasteiger partial charge < -0.3 is 14.8 Å². The van der Waals surface area contributed by atoms with Gasteiger partial charge in [0.2, 0.25) is 0 Å². The number of para-hydroxylation sites is 1. The monoisotopic (exact) mass is 300 g/mol. The number of likely N-dealkylation sites (tertiary alicyclic amines) is 1. The van der Waals surface area contributed by atoms with Crippen LogP contribution in [0, 0.1) is 5.92 Å². The lowest BCUT2D eigenvalue weighted by Gasteiger charge is -2.31. The maximum absolute atomic E-state index is 9.23. The van der Waals surface area contributed by atoms with Crippen LogP contribution in [-0.2, 0) is 13.1 Å². The van der Waals surface area contributed by atoms with Crippen molar-refractivity contribution in [3.8, 4) is 0 Å². The molecule has 0 unspecified atom stereocenters. The second kappa shape index (κ2) is 7.47. The molecule has 118 valence electrons. The van der Waals surface area contributed by atoms with E-state index in [1.54, 1.807) is 6.26 Å². The van der Waals surface area contributed by atoms with E-state index >= 15 is 0 Å². The predicted octanol–water partition coefficient (Wildman–Crippen LogP) is 3.10. The lowest BCUT2D eigenvalue weighted by molar-refractivity contribution is 0.127. The second-order valence-electron chi connectivity index (χ2n) is 5.99. The molecule has 1 aromatic carbocycles. The van der Waals surface area contributed by atoms with Crippen molar-refractivity contribution in [1.29, 1.82) is 0 Å². The third kappa shape index (κ3) is 3.90. The molecule has 1 aromatic heterocycles. The summed E-state index contributed by atoms with van der Waals surface area (Å²) in [5.41, 5.74) is 2.49. The number of hydrogen-bond donors (Lipinski definition) is 2. The zero-order chi connectivity index (χ0) is 15.2. The second-order valence-corrected chi connectivity index (χ2v) is 5.99. The Bertz CT molecular complexity index is 560. The zero-order valence-corrected chi connectivity index (χ0v) is 12.9. The molecule has 0 atom stereocenters. The molecule has 0 saturated carbocycles. The summed E-state index contributed by atoms with van der Waals surface area (Å²) in [6, 6.07) is 12.4. The first-order valence-electron chi connectivity index (χ1n) is 8.02. The Morgan fingerprint density at radius 2 is 1.95 bits per heavy atom. The molecule has 4 nitrogen and oxygen atoms in total. The van der Waals surface area contributed by atoms with Crippen molar-refractivity contribution in [3.05, 3.63) is 54.0 Å². The van der Waals surface area contributed by atoms with Gasteiger partial charge in [0.15, 0.2) is 0 Å². The van der Waals surface area contributed by atoms with Crippen LogP contribution in [0.3, 0.4) is 0 Å². The highest BCUT2D eigenvalue weighted by Crippen LogP contribution is 2.22. The zero-order valence-electron chi connectivity index (χ0n) is 12.9. The van der Waals surface area contributed by atoms with Gasteiger partial charge >= 0.3 is 0 Å². The van der Waals surface area contributed by atoms with Crippen LogP contribution in [0.15, 0.2) is 47.1 Å². The van der Waals surface area contributed by atoms with Gasteiger partial charge in [-0.05, 0) is 55.6 Å². The van der Waals surface area contributed by atoms with Crippen molar-refractivity contribution in [3.63, 3.8) is 0 Å². The third-order valence-electron chi connectivity index (χ3n) is 4.41. The van der Waals surface area contributed by atoms with Crippen LogP contribution in [0.5, 0.6) is 0 Å². The molecule has 0 bridgehead atoms. The molecular formula is C18H24N2O2. The predicted molar refractivity (Wildman–Crippen MR) is 87.6 cm³/mol. The van der Waals surface area contributed by atoms with E-state index in [9.17, 15) is 5.11 Å². The minimum Gasteiger partial charge on any atom is -0.467 e. The molecule has 3 rings (SSSR count). The van der Waals surface area contributed by atoms with Crippen LogP contribution < -0.4 is 5.32 Å². The van der Waals surface area contributed by atoms with Crippen LogP contribution in [0.4, 0.5) is 5.69 Å². The van der Waals surface area contributed by atoms with E-state index in [1.807, 2.05) is 12.1 Å². The molecule has 1 fully saturated rings. The molecule has 0 spiro atoms. The lowest BCUT2D eigenvalue weighted by atomic mass is 9.97. The summed E-state index contributed by atoms with van der Waals surface area (Å²) in [5, 5.41) is 12.7. The Balaban J connectivity index is 1.59. The van der Waals surface area contributed by atoms with Gasteiger partial charge in [-0.25, -0.2) is 0 Å². The van der Waals surface area contributed by atoms with E-state index in [0.29, 0.717) is 19.1 Å². The molecule has 1 saturated heterocycles. The van der Waals surface area contributed by atoms with Gasteiger partial charge in [0.1, 0.15) is 5.76 Å². The number of anilines is 1. The van der Waals surface area contributed by atoms with E-state index in [-0.39, 0.29) is 0 Å². The highest BCUT2D eigenvalue weighted by atomic mass is 16.3. The maximum Gasteiger partial charge on any atom is 0.122 e. The number of aliphatic hydroxyl groups excluding tert-OH is 1. The standard InChI is InChI=1S/C18H24N2O2/c21-14-15-7-9-20(10-8-15)13-16-4-1-2-6-18(16)19-12-17-5-3-11-22-17/h1-6,11,15,19,21H,7-10,12-14H2. The highest BCUT2D eigenvalue weighted by molar-refractivity contribution is 5.51. The molecule has 2 aromatic rings. The third-order valence-corrected chi connectivity index (χ3v) is 4.41. The molecule has 2 N–H and O–H groups in total. The maximum atomic E-state index is 9.23. The number of nitrogens with zero attached hydrogens (tertiary/aromatic N) is 1. The summed E-state index contributed by atoms with van der Waals surface area (Å²) in [6.07, 6.45) is 3.89. The summed E-state index contributed by atoms with van der Waals surface area (Å²) >= 11 is 0. The Morgan fingerprint density at radius 3 is 2.68 bits per heavy atom. The summed E-state index contributed by atoms with van der Waals surface area (Å²) < 4.78 is 5.37. The van der Waals surface area contributed by atoms with Crippen LogP contribution in [0.2, 0.25) is 0 Å². The van der Waals surface area contributed by atoms with Crippen molar-refractivity contribution < 1.29 is 9.52 Å². The van der Waals surface area contributed by atoms with E-state index in [1.165, 1.54) is 11.3 Å². The van der Waals surface area contributed by atoms with Crippen LogP contribution in [0.1, 0.15) is 24.2 Å². The Labute approximate surface area is 131 Å². The number of benzene rings is 1. The first-order chi connectivity index (χ1) is 10.8. The van der Waals surface area contributed by atoms with E-state index in [0.717, 1.165) is 38.2 Å². The number of furan rings is 1. The van der Waals surface area contributed by atoms with Crippen LogP contribution >= 0.6 is 0 Å². The Hall–Kier alpha value is -1.78. The number of nitrogens with one attached hydrogen (secondary N) is 1. The van der Waals surface area contributed by atoms with Gasteiger partial charge in [-0.15, -0.1) is 0 Å². The van der Waals surface area contributed by atoms with Crippen LogP contribution in [-0.4, -0.2) is 29.7 Å². The Kier molecular flexibility index (Phi) is 5.14. The molecule has 1 aliphatic rings. The van der Waals surface area contributed by atoms with Crippen molar-refractivity contribution in [2.75, 3.05) is 25.0 Å². The molecule has 0 amide bonds. The molecule has 0 radical (unpaired) electrons. The topological polar surface area (TPSA) is 48.6 Å². The van der Waals surface area contributed by atoms with Gasteiger partial charge in [0.05, 0.1) is 12.8 Å². The molecule has 1 aliphatic heterocycles. The highest BCUT2D eigenvalue weighted by Gasteiger charge is 2.19. The first kappa shape index (κ1) is 15.1. The Morgan fingerprint density at radius 1 is 1.14 bits per heavy atom. The number of aliphatic hydroxyl groups is 1. The summed E-state index contributed by atoms with van der Waals surface area (Å²) in [4.78, 5) is 2.47. The fraction of sp³-hybridized carbons (Fsp3) is 0.444. The van der Waals surface area contributed by atoms with Crippen molar-refractivity contribution in [1.82, 2.24) is 4.90 Å². The number of piperidine rings is 1. The first-order valence-corrected chi connectivity index (χ1v) is 8.02. The average molecular weight is 300 g/mol. The smallest absolute Gasteiger partial charge is 0.122 e. The van der Waals surface area contributed by atoms with Gasteiger partial charge in [-0.2, -0.15) is 0 Å². The summed E-state index contributed by atoms with van der Waals surface area (Å²) in [6.45, 7) is 4.13. The molecule has 0 aliphatic carbocycles. The van der Waals surface area contributed by atoms with Gasteiger partial charge in [-0.3, -0.25) is 4.90 Å². The SMILES string of the molecule is OCC1CCN(Cc2ccccc2NCc2ccco2)CC1. The molecule has 4 heteroatoms. The molecule has 2 heterocycles. The lowest BCUT2D eigenvalue weighted by Crippen LogP contribution is -2.34. The van der Waals surface area contributed by atoms with Crippen molar-refractivity contribution in [2.24, 2.45) is 5.92 Å². The van der Waals surface area contributed by atoms with E-state index < -0.39 is 0 Å². The minimum atomic E-state index is 0.329. The summed E-state index contributed by atoms with van der Waals surface area (Å²) in [7, 11) is 0. The van der Waals surface area contributed by atoms with Crippen molar-refractivity contribution in [2.45, 2.75) is 25.9 Å². The minimum absolute atomic E-state index is 0.329. The van der Waals surface area contributed by atoms with E-state index in [4.69, 9.17) is 4.42 Å².